The van der Waals surface area contributed by atoms with Crippen molar-refractivity contribution in [3.8, 4) is 0 Å². The average Bonchev–Trinajstić information content (AvgIpc) is 2.52. The summed E-state index contributed by atoms with van der Waals surface area (Å²) in [5, 5.41) is 12.7. The van der Waals surface area contributed by atoms with Crippen LogP contribution in [-0.4, -0.2) is 38.9 Å². The Kier molecular flexibility index (Phi) is 6.15. The minimum absolute atomic E-state index is 0.0693. The maximum Gasteiger partial charge on any atom is 0.391 e. The minimum atomic E-state index is -4.21. The van der Waals surface area contributed by atoms with E-state index in [4.69, 9.17) is 0 Å². The number of hydrogen-bond acceptors (Lipinski definition) is 5. The van der Waals surface area contributed by atoms with Crippen molar-refractivity contribution in [2.24, 2.45) is 5.92 Å². The zero-order valence-corrected chi connectivity index (χ0v) is 13.9. The monoisotopic (exact) mass is 344 g/mol. The number of nitrogens with zero attached hydrogens (tertiary/aromatic N) is 3. The summed E-state index contributed by atoms with van der Waals surface area (Å²) in [6.45, 7) is 3.65. The molecule has 0 amide bonds. The quantitative estimate of drug-likeness (QED) is 0.828. The van der Waals surface area contributed by atoms with Crippen molar-refractivity contribution in [3.05, 3.63) is 17.7 Å². The van der Waals surface area contributed by atoms with E-state index < -0.39 is 18.2 Å². The maximum atomic E-state index is 12.7. The van der Waals surface area contributed by atoms with Gasteiger partial charge in [-0.2, -0.15) is 23.1 Å². The van der Waals surface area contributed by atoms with Gasteiger partial charge in [-0.3, -0.25) is 0 Å². The van der Waals surface area contributed by atoms with E-state index in [0.717, 1.165) is 25.3 Å². The Morgan fingerprint density at radius 3 is 2.71 bits per heavy atom. The van der Waals surface area contributed by atoms with Crippen molar-refractivity contribution in [1.82, 2.24) is 15.0 Å². The van der Waals surface area contributed by atoms with Crippen LogP contribution in [0, 0.1) is 5.92 Å². The molecule has 0 fully saturated rings. The van der Waals surface area contributed by atoms with E-state index in [2.05, 4.69) is 20.3 Å². The van der Waals surface area contributed by atoms with E-state index in [1.165, 1.54) is 0 Å². The molecule has 1 aliphatic rings. The number of halogens is 3. The van der Waals surface area contributed by atoms with Crippen LogP contribution in [0.5, 0.6) is 0 Å². The highest BCUT2D eigenvalue weighted by atomic mass is 19.4. The fraction of sp³-hybridized carbons (Fsp3) is 0.688. The summed E-state index contributed by atoms with van der Waals surface area (Å²) in [6, 6.07) is 0. The standard InChI is InChI=1S/C16H23F3N4O/c1-3-20-15-22-13(8-7-10(2)16(17,18)19)21-14(23-15)11-5-4-6-12(24)9-11/h9-10,12,24H,3-8H2,1-2H3,(H,20,21,22,23)/t10-,12?/m0/s1. The first-order valence-corrected chi connectivity index (χ1v) is 8.24. The lowest BCUT2D eigenvalue weighted by atomic mass is 9.97. The van der Waals surface area contributed by atoms with Gasteiger partial charge in [0.15, 0.2) is 5.82 Å². The number of aliphatic hydroxyl groups is 1. The zero-order chi connectivity index (χ0) is 17.7. The Bertz CT molecular complexity index is 589. The van der Waals surface area contributed by atoms with E-state index >= 15 is 0 Å². The molecule has 0 bridgehead atoms. The highest BCUT2D eigenvalue weighted by Crippen LogP contribution is 2.29. The van der Waals surface area contributed by atoms with Gasteiger partial charge >= 0.3 is 6.18 Å². The molecule has 1 aromatic heterocycles. The van der Waals surface area contributed by atoms with Crippen molar-refractivity contribution in [1.29, 1.82) is 0 Å². The smallest absolute Gasteiger partial charge is 0.389 e. The lowest BCUT2D eigenvalue weighted by molar-refractivity contribution is -0.171. The van der Waals surface area contributed by atoms with Crippen LogP contribution in [0.15, 0.2) is 6.08 Å². The van der Waals surface area contributed by atoms with Crippen molar-refractivity contribution in [2.75, 3.05) is 11.9 Å². The normalized spacial score (nSPS) is 19.8. The third-order valence-electron chi connectivity index (χ3n) is 4.00. The summed E-state index contributed by atoms with van der Waals surface area (Å²) >= 11 is 0. The van der Waals surface area contributed by atoms with Crippen LogP contribution in [-0.2, 0) is 6.42 Å². The SMILES string of the molecule is CCNc1nc(CC[C@H](C)C(F)(F)F)nc(C2=CC(O)CCC2)n1. The highest BCUT2D eigenvalue weighted by Gasteiger charge is 2.35. The van der Waals surface area contributed by atoms with Crippen LogP contribution in [0.25, 0.3) is 5.57 Å². The first kappa shape index (κ1) is 18.6. The molecule has 1 heterocycles. The molecule has 134 valence electrons. The van der Waals surface area contributed by atoms with Gasteiger partial charge in [0.1, 0.15) is 5.82 Å². The summed E-state index contributed by atoms with van der Waals surface area (Å²) in [7, 11) is 0. The van der Waals surface area contributed by atoms with Gasteiger partial charge in [0.05, 0.1) is 12.0 Å². The van der Waals surface area contributed by atoms with Gasteiger partial charge in [0.25, 0.3) is 0 Å². The topological polar surface area (TPSA) is 70.9 Å². The number of aryl methyl sites for hydroxylation is 1. The molecular weight excluding hydrogens is 321 g/mol. The summed E-state index contributed by atoms with van der Waals surface area (Å²) in [6.07, 6.45) is -0.690. The van der Waals surface area contributed by atoms with Gasteiger partial charge in [-0.1, -0.05) is 6.92 Å². The number of aliphatic hydroxyl groups excluding tert-OH is 1. The van der Waals surface area contributed by atoms with E-state index in [0.29, 0.717) is 30.6 Å². The molecule has 0 aliphatic heterocycles. The number of aromatic nitrogens is 3. The molecule has 0 aromatic carbocycles. The van der Waals surface area contributed by atoms with Gasteiger partial charge in [-0.05, 0) is 44.3 Å². The second kappa shape index (κ2) is 7.92. The number of hydrogen-bond donors (Lipinski definition) is 2. The predicted molar refractivity (Wildman–Crippen MR) is 85.4 cm³/mol. The Hall–Kier alpha value is -1.70. The fourth-order valence-electron chi connectivity index (χ4n) is 2.51. The molecule has 0 saturated carbocycles. The summed E-state index contributed by atoms with van der Waals surface area (Å²) < 4.78 is 38.0. The van der Waals surface area contributed by atoms with Gasteiger partial charge in [0.2, 0.25) is 5.95 Å². The second-order valence-electron chi connectivity index (χ2n) is 6.06. The van der Waals surface area contributed by atoms with Crippen LogP contribution in [0.4, 0.5) is 19.1 Å². The van der Waals surface area contributed by atoms with E-state index in [9.17, 15) is 18.3 Å². The molecule has 0 saturated heterocycles. The number of allylic oxidation sites excluding steroid dienone is 1. The Morgan fingerprint density at radius 2 is 2.08 bits per heavy atom. The second-order valence-corrected chi connectivity index (χ2v) is 6.06. The molecule has 8 heteroatoms. The van der Waals surface area contributed by atoms with Gasteiger partial charge in [-0.25, -0.2) is 4.98 Å². The minimum Gasteiger partial charge on any atom is -0.389 e. The molecule has 2 rings (SSSR count). The molecular formula is C16H23F3N4O. The van der Waals surface area contributed by atoms with Crippen molar-refractivity contribution in [3.63, 3.8) is 0 Å². The first-order chi connectivity index (χ1) is 11.3. The third kappa shape index (κ3) is 5.15. The van der Waals surface area contributed by atoms with E-state index in [1.807, 2.05) is 6.92 Å². The average molecular weight is 344 g/mol. The predicted octanol–water partition coefficient (Wildman–Crippen LogP) is 3.36. The number of anilines is 1. The zero-order valence-electron chi connectivity index (χ0n) is 13.9. The lowest BCUT2D eigenvalue weighted by Crippen LogP contribution is -2.21. The van der Waals surface area contributed by atoms with Gasteiger partial charge in [0, 0.05) is 13.0 Å². The van der Waals surface area contributed by atoms with Crippen LogP contribution in [0.2, 0.25) is 0 Å². The molecule has 24 heavy (non-hydrogen) atoms. The molecule has 0 spiro atoms. The van der Waals surface area contributed by atoms with E-state index in [1.54, 1.807) is 6.08 Å². The first-order valence-electron chi connectivity index (χ1n) is 8.24. The van der Waals surface area contributed by atoms with Crippen molar-refractivity contribution < 1.29 is 18.3 Å². The third-order valence-corrected chi connectivity index (χ3v) is 4.00. The molecule has 5 nitrogen and oxygen atoms in total. The van der Waals surface area contributed by atoms with Crippen LogP contribution >= 0.6 is 0 Å². The lowest BCUT2D eigenvalue weighted by Gasteiger charge is -2.18. The molecule has 1 unspecified atom stereocenters. The van der Waals surface area contributed by atoms with Crippen LogP contribution < -0.4 is 5.32 Å². The maximum absolute atomic E-state index is 12.7. The number of rotatable bonds is 6. The molecule has 2 atom stereocenters. The summed E-state index contributed by atoms with van der Waals surface area (Å²) in [5.74, 6) is -0.267. The highest BCUT2D eigenvalue weighted by molar-refractivity contribution is 5.61. The molecule has 1 aromatic rings. The van der Waals surface area contributed by atoms with E-state index in [-0.39, 0.29) is 12.8 Å². The number of nitrogens with one attached hydrogen (secondary N) is 1. The Labute approximate surface area is 139 Å². The van der Waals surface area contributed by atoms with Crippen molar-refractivity contribution in [2.45, 2.75) is 58.2 Å². The van der Waals surface area contributed by atoms with Gasteiger partial charge < -0.3 is 10.4 Å². The fourth-order valence-corrected chi connectivity index (χ4v) is 2.51. The molecule has 1 aliphatic carbocycles. The Morgan fingerprint density at radius 1 is 1.33 bits per heavy atom. The number of alkyl halides is 3. The summed E-state index contributed by atoms with van der Waals surface area (Å²) in [5.41, 5.74) is 0.820. The van der Waals surface area contributed by atoms with Crippen LogP contribution in [0.1, 0.15) is 51.2 Å². The molecule has 2 N–H and O–H groups in total. The van der Waals surface area contributed by atoms with Gasteiger partial charge in [-0.15, -0.1) is 0 Å². The van der Waals surface area contributed by atoms with Crippen LogP contribution in [0.3, 0.4) is 0 Å². The Balaban J connectivity index is 2.21. The largest absolute Gasteiger partial charge is 0.391 e. The summed E-state index contributed by atoms with van der Waals surface area (Å²) in [4.78, 5) is 12.8. The van der Waals surface area contributed by atoms with Crippen molar-refractivity contribution >= 4 is 11.5 Å². The molecule has 0 radical (unpaired) electrons.